The quantitative estimate of drug-likeness (QED) is 0.171. The van der Waals surface area contributed by atoms with Crippen LogP contribution in [0.3, 0.4) is 0 Å². The van der Waals surface area contributed by atoms with E-state index >= 15 is 0 Å². The van der Waals surface area contributed by atoms with Gasteiger partial charge >= 0.3 is 6.09 Å². The van der Waals surface area contributed by atoms with Crippen molar-refractivity contribution in [3.63, 3.8) is 0 Å². The Balaban J connectivity index is 4.25. The molecule has 0 aliphatic rings. The van der Waals surface area contributed by atoms with Crippen molar-refractivity contribution < 1.29 is 18.6 Å². The summed E-state index contributed by atoms with van der Waals surface area (Å²) in [4.78, 5) is 22.4. The fourth-order valence-corrected chi connectivity index (χ4v) is 2.73. The molecule has 0 radical (unpaired) electrons. The van der Waals surface area contributed by atoms with Gasteiger partial charge in [0, 0.05) is 52.9 Å². The lowest BCUT2D eigenvalue weighted by atomic mass is 9.88. The molecule has 0 aliphatic heterocycles. The highest BCUT2D eigenvalue weighted by atomic mass is 127. The number of alkyl carbamates (subject to hydrolysis) is 1. The van der Waals surface area contributed by atoms with Gasteiger partial charge in [0.05, 0.1) is 15.8 Å². The van der Waals surface area contributed by atoms with Crippen LogP contribution in [0.5, 0.6) is 0 Å². The average Bonchev–Trinajstić information content (AvgIpc) is 2.38. The third-order valence-electron chi connectivity index (χ3n) is 3.09. The third kappa shape index (κ3) is 11.8. The lowest BCUT2D eigenvalue weighted by Crippen LogP contribution is -2.35. The molecule has 1 N–H and O–H groups in total. The van der Waals surface area contributed by atoms with E-state index < -0.39 is 17.2 Å². The van der Waals surface area contributed by atoms with Crippen LogP contribution in [0.2, 0.25) is 0 Å². The highest BCUT2D eigenvalue weighted by Crippen LogP contribution is 2.25. The van der Waals surface area contributed by atoms with Crippen molar-refractivity contribution in [2.24, 2.45) is 5.92 Å². The molecule has 0 saturated carbocycles. The molecule has 1 atom stereocenters. The van der Waals surface area contributed by atoms with Crippen LogP contribution in [-0.2, 0) is 8.92 Å². The molecule has 23 heavy (non-hydrogen) atoms. The second-order valence-electron chi connectivity index (χ2n) is 7.06. The lowest BCUT2D eigenvalue weighted by molar-refractivity contribution is -0.563. The zero-order valence-electron chi connectivity index (χ0n) is 14.4. The minimum absolute atomic E-state index is 0.0677. The van der Waals surface area contributed by atoms with Gasteiger partial charge in [-0.05, 0) is 39.5 Å². The number of hydrogen-bond acceptors (Lipinski definition) is 6. The number of nitro groups is 1. The van der Waals surface area contributed by atoms with Gasteiger partial charge in [0.1, 0.15) is 5.60 Å². The van der Waals surface area contributed by atoms with Crippen LogP contribution in [0.15, 0.2) is 0 Å². The van der Waals surface area contributed by atoms with E-state index in [-0.39, 0.29) is 10.8 Å². The van der Waals surface area contributed by atoms with Crippen molar-refractivity contribution in [3.8, 4) is 0 Å². The van der Waals surface area contributed by atoms with Crippen molar-refractivity contribution in [2.45, 2.75) is 65.0 Å². The van der Waals surface area contributed by atoms with E-state index in [0.717, 1.165) is 6.42 Å². The lowest BCUT2D eigenvalue weighted by Gasteiger charge is -2.23. The average molecular weight is 462 g/mol. The number of nitrogens with zero attached hydrogens (tertiary/aromatic N) is 1. The number of hydrogen-bond donors (Lipinski definition) is 1. The standard InChI is InChI=1S/C14H27IN2O5S/c1-13(2,3)22-12(18)16-8-6-7-11(10-21-23-15)9-14(4,5)17(19)20/h11H,6-10H2,1-5H3,(H,16,18)/t11-/m1/s1. The summed E-state index contributed by atoms with van der Waals surface area (Å²) in [5.74, 6) is 0.0677. The molecule has 0 aromatic carbocycles. The number of carbonyl (C=O) groups is 1. The fraction of sp³-hybridized carbons (Fsp3) is 0.929. The molecular formula is C14H27IN2O5S. The Labute approximate surface area is 154 Å². The van der Waals surface area contributed by atoms with E-state index in [2.05, 4.69) is 5.32 Å². The maximum Gasteiger partial charge on any atom is 0.407 e. The molecule has 7 nitrogen and oxygen atoms in total. The SMILES string of the molecule is CC(C)(C)OC(=O)NCCC[C@@H](COSI)CC(C)(C)[N+](=O)[O-]. The third-order valence-corrected chi connectivity index (χ3v) is 4.08. The van der Waals surface area contributed by atoms with E-state index in [1.807, 2.05) is 21.2 Å². The molecule has 0 fully saturated rings. The van der Waals surface area contributed by atoms with E-state index in [0.29, 0.717) is 26.0 Å². The monoisotopic (exact) mass is 462 g/mol. The van der Waals surface area contributed by atoms with E-state index in [1.54, 1.807) is 34.6 Å². The van der Waals surface area contributed by atoms with Crippen molar-refractivity contribution in [1.29, 1.82) is 0 Å². The first-order valence-corrected chi connectivity index (χ1v) is 10.8. The van der Waals surface area contributed by atoms with Gasteiger partial charge in [-0.25, -0.2) is 4.79 Å². The zero-order chi connectivity index (χ0) is 18.1. The molecule has 0 saturated heterocycles. The van der Waals surface area contributed by atoms with Crippen molar-refractivity contribution in [1.82, 2.24) is 5.32 Å². The van der Waals surface area contributed by atoms with Crippen molar-refractivity contribution in [2.75, 3.05) is 13.2 Å². The molecular weight excluding hydrogens is 435 g/mol. The summed E-state index contributed by atoms with van der Waals surface area (Å²) in [6.45, 7) is 9.59. The Morgan fingerprint density at radius 1 is 1.35 bits per heavy atom. The Kier molecular flexibility index (Phi) is 10.4. The van der Waals surface area contributed by atoms with Crippen LogP contribution in [0.25, 0.3) is 0 Å². The van der Waals surface area contributed by atoms with Crippen LogP contribution in [0, 0.1) is 16.0 Å². The maximum absolute atomic E-state index is 11.5. The Morgan fingerprint density at radius 3 is 2.43 bits per heavy atom. The Morgan fingerprint density at radius 2 is 1.96 bits per heavy atom. The largest absolute Gasteiger partial charge is 0.444 e. The van der Waals surface area contributed by atoms with E-state index in [9.17, 15) is 14.9 Å². The summed E-state index contributed by atoms with van der Waals surface area (Å²) in [6, 6.07) is 0. The van der Waals surface area contributed by atoms with Crippen molar-refractivity contribution >= 4 is 36.5 Å². The topological polar surface area (TPSA) is 90.7 Å². The maximum atomic E-state index is 11.5. The predicted octanol–water partition coefficient (Wildman–Crippen LogP) is 4.37. The molecule has 0 rings (SSSR count). The normalized spacial score (nSPS) is 13.5. The van der Waals surface area contributed by atoms with E-state index in [1.165, 1.54) is 9.21 Å². The fourth-order valence-electron chi connectivity index (χ4n) is 2.04. The number of halogens is 1. The molecule has 1 amide bonds. The molecule has 0 bridgehead atoms. The van der Waals surface area contributed by atoms with Crippen LogP contribution >= 0.6 is 30.4 Å². The molecule has 0 aromatic rings. The number of ether oxygens (including phenoxy) is 1. The molecule has 0 unspecified atom stereocenters. The Bertz CT molecular complexity index is 388. The minimum Gasteiger partial charge on any atom is -0.444 e. The first-order chi connectivity index (χ1) is 10.5. The molecule has 0 spiro atoms. The molecule has 9 heteroatoms. The minimum atomic E-state index is -0.984. The summed E-state index contributed by atoms with van der Waals surface area (Å²) >= 11 is 2.02. The number of carbonyl (C=O) groups excluding carboxylic acids is 1. The van der Waals surface area contributed by atoms with Crippen LogP contribution in [0.1, 0.15) is 53.9 Å². The highest BCUT2D eigenvalue weighted by Gasteiger charge is 2.34. The van der Waals surface area contributed by atoms with Crippen LogP contribution in [-0.4, -0.2) is 35.3 Å². The summed E-state index contributed by atoms with van der Waals surface area (Å²) in [6.07, 6.45) is 1.44. The molecule has 0 aromatic heterocycles. The molecule has 0 aliphatic carbocycles. The van der Waals surface area contributed by atoms with E-state index in [4.69, 9.17) is 8.92 Å². The summed E-state index contributed by atoms with van der Waals surface area (Å²) in [5.41, 5.74) is -1.50. The highest BCUT2D eigenvalue weighted by molar-refractivity contribution is 14.2. The smallest absolute Gasteiger partial charge is 0.407 e. The summed E-state index contributed by atoms with van der Waals surface area (Å²) < 4.78 is 10.5. The van der Waals surface area contributed by atoms with Crippen LogP contribution < -0.4 is 5.32 Å². The van der Waals surface area contributed by atoms with Gasteiger partial charge in [0.25, 0.3) is 0 Å². The summed E-state index contributed by atoms with van der Waals surface area (Å²) in [7, 11) is 1.23. The van der Waals surface area contributed by atoms with Gasteiger partial charge in [-0.3, -0.25) is 10.1 Å². The first kappa shape index (κ1) is 22.7. The van der Waals surface area contributed by atoms with Gasteiger partial charge < -0.3 is 14.2 Å². The van der Waals surface area contributed by atoms with Gasteiger partial charge in [0.2, 0.25) is 5.54 Å². The second kappa shape index (κ2) is 10.5. The molecule has 0 heterocycles. The predicted molar refractivity (Wildman–Crippen MR) is 100 cm³/mol. The Hall–Kier alpha value is -0.290. The van der Waals surface area contributed by atoms with Crippen LogP contribution in [0.4, 0.5) is 4.79 Å². The number of nitrogens with one attached hydrogen (secondary N) is 1. The number of rotatable bonds is 10. The van der Waals surface area contributed by atoms with Gasteiger partial charge in [-0.1, -0.05) is 0 Å². The van der Waals surface area contributed by atoms with Gasteiger partial charge in [-0.15, -0.1) is 0 Å². The van der Waals surface area contributed by atoms with Gasteiger partial charge in [0.15, 0.2) is 0 Å². The second-order valence-corrected chi connectivity index (χ2v) is 8.50. The molecule has 136 valence electrons. The van der Waals surface area contributed by atoms with Gasteiger partial charge in [-0.2, -0.15) is 0 Å². The summed E-state index contributed by atoms with van der Waals surface area (Å²) in [5, 5.41) is 13.8. The number of amides is 1. The first-order valence-electron chi connectivity index (χ1n) is 7.49. The zero-order valence-corrected chi connectivity index (χ0v) is 17.4. The van der Waals surface area contributed by atoms with Crippen molar-refractivity contribution in [3.05, 3.63) is 10.1 Å².